The van der Waals surface area contributed by atoms with E-state index < -0.39 is 17.7 Å². The van der Waals surface area contributed by atoms with Crippen molar-refractivity contribution in [2.24, 2.45) is 0 Å². The van der Waals surface area contributed by atoms with E-state index in [0.29, 0.717) is 35.6 Å². The van der Waals surface area contributed by atoms with Crippen molar-refractivity contribution in [1.29, 1.82) is 0 Å². The highest BCUT2D eigenvalue weighted by molar-refractivity contribution is 5.69. The standard InChI is InChI=1S/C25H25FN4O4/c1-25(2,3)33-24(31)30-15-19(32-4)13-21(30)23-28-22(29-34-23)20-11-10-17(14-27-20)9-8-16-6-5-7-18(26)12-16/h5-7,10-12,14,19,21H,13,15H2,1-4H3/t19-,21-/m1/s1. The summed E-state index contributed by atoms with van der Waals surface area (Å²) in [6, 6.07) is 9.12. The first kappa shape index (κ1) is 23.4. The van der Waals surface area contributed by atoms with Crippen LogP contribution in [0.4, 0.5) is 9.18 Å². The Morgan fingerprint density at radius 1 is 1.21 bits per heavy atom. The summed E-state index contributed by atoms with van der Waals surface area (Å²) in [4.78, 5) is 23.1. The Bertz CT molecular complexity index is 1220. The number of halogens is 1. The van der Waals surface area contributed by atoms with Crippen molar-refractivity contribution in [2.45, 2.75) is 44.9 Å². The van der Waals surface area contributed by atoms with Gasteiger partial charge in [0.15, 0.2) is 0 Å². The number of hydrogen-bond acceptors (Lipinski definition) is 7. The molecule has 3 heterocycles. The highest BCUT2D eigenvalue weighted by Gasteiger charge is 2.41. The molecule has 1 aliphatic heterocycles. The molecule has 1 amide bonds. The molecule has 34 heavy (non-hydrogen) atoms. The first-order chi connectivity index (χ1) is 16.2. The lowest BCUT2D eigenvalue weighted by Crippen LogP contribution is -2.37. The number of likely N-dealkylation sites (tertiary alicyclic amines) is 1. The van der Waals surface area contributed by atoms with Crippen LogP contribution < -0.4 is 0 Å². The normalized spacial score (nSPS) is 17.9. The van der Waals surface area contributed by atoms with Gasteiger partial charge in [0, 0.05) is 30.9 Å². The van der Waals surface area contributed by atoms with Crippen molar-refractivity contribution in [3.63, 3.8) is 0 Å². The average molecular weight is 464 g/mol. The van der Waals surface area contributed by atoms with E-state index in [0.717, 1.165) is 0 Å². The van der Waals surface area contributed by atoms with E-state index in [-0.39, 0.29) is 17.8 Å². The lowest BCUT2D eigenvalue weighted by Gasteiger charge is -2.26. The minimum atomic E-state index is -0.629. The third-order valence-electron chi connectivity index (χ3n) is 5.12. The molecule has 1 saturated heterocycles. The molecule has 2 aromatic heterocycles. The first-order valence-electron chi connectivity index (χ1n) is 10.8. The molecule has 4 rings (SSSR count). The fourth-order valence-electron chi connectivity index (χ4n) is 3.51. The predicted octanol–water partition coefficient (Wildman–Crippen LogP) is 4.37. The second kappa shape index (κ2) is 9.61. The van der Waals surface area contributed by atoms with Crippen LogP contribution in [-0.2, 0) is 9.47 Å². The quantitative estimate of drug-likeness (QED) is 0.532. The molecule has 0 aliphatic carbocycles. The van der Waals surface area contributed by atoms with Crippen LogP contribution in [0, 0.1) is 17.7 Å². The monoisotopic (exact) mass is 464 g/mol. The molecule has 1 fully saturated rings. The summed E-state index contributed by atoms with van der Waals surface area (Å²) >= 11 is 0. The first-order valence-corrected chi connectivity index (χ1v) is 10.8. The number of benzene rings is 1. The highest BCUT2D eigenvalue weighted by Crippen LogP contribution is 2.34. The Kier molecular flexibility index (Phi) is 6.61. The molecule has 0 saturated carbocycles. The van der Waals surface area contributed by atoms with Gasteiger partial charge >= 0.3 is 6.09 Å². The van der Waals surface area contributed by atoms with Crippen LogP contribution in [0.15, 0.2) is 47.1 Å². The van der Waals surface area contributed by atoms with E-state index in [9.17, 15) is 9.18 Å². The number of nitrogens with zero attached hydrogens (tertiary/aromatic N) is 4. The molecule has 9 heteroatoms. The van der Waals surface area contributed by atoms with E-state index in [2.05, 4.69) is 27.0 Å². The highest BCUT2D eigenvalue weighted by atomic mass is 19.1. The maximum Gasteiger partial charge on any atom is 0.411 e. The van der Waals surface area contributed by atoms with Gasteiger partial charge in [-0.15, -0.1) is 0 Å². The predicted molar refractivity (Wildman–Crippen MR) is 121 cm³/mol. The van der Waals surface area contributed by atoms with Gasteiger partial charge in [0.2, 0.25) is 11.7 Å². The number of carbonyl (C=O) groups excluding carboxylic acids is 1. The second-order valence-corrected chi connectivity index (χ2v) is 8.89. The zero-order valence-corrected chi connectivity index (χ0v) is 19.4. The summed E-state index contributed by atoms with van der Waals surface area (Å²) in [7, 11) is 1.60. The van der Waals surface area contributed by atoms with Crippen molar-refractivity contribution < 1.29 is 23.2 Å². The van der Waals surface area contributed by atoms with E-state index in [1.807, 2.05) is 20.8 Å². The van der Waals surface area contributed by atoms with Crippen LogP contribution in [0.5, 0.6) is 0 Å². The molecule has 0 N–H and O–H groups in total. The van der Waals surface area contributed by atoms with E-state index >= 15 is 0 Å². The molecule has 176 valence electrons. The van der Waals surface area contributed by atoms with Crippen molar-refractivity contribution in [1.82, 2.24) is 20.0 Å². The Balaban J connectivity index is 1.50. The van der Waals surface area contributed by atoms with Crippen molar-refractivity contribution in [2.75, 3.05) is 13.7 Å². The molecular weight excluding hydrogens is 439 g/mol. The van der Waals surface area contributed by atoms with Crippen LogP contribution in [0.1, 0.15) is 50.3 Å². The van der Waals surface area contributed by atoms with Gasteiger partial charge in [-0.3, -0.25) is 9.88 Å². The third kappa shape index (κ3) is 5.58. The van der Waals surface area contributed by atoms with Gasteiger partial charge in [0.05, 0.1) is 12.6 Å². The summed E-state index contributed by atoms with van der Waals surface area (Å²) in [5, 5.41) is 4.04. The molecule has 0 radical (unpaired) electrons. The van der Waals surface area contributed by atoms with E-state index in [1.54, 1.807) is 42.5 Å². The number of aromatic nitrogens is 3. The summed E-state index contributed by atoms with van der Waals surface area (Å²) in [5.41, 5.74) is 1.10. The average Bonchev–Trinajstić information content (AvgIpc) is 3.44. The summed E-state index contributed by atoms with van der Waals surface area (Å²) in [6.07, 6.45) is 1.47. The number of pyridine rings is 1. The van der Waals surface area contributed by atoms with Gasteiger partial charge < -0.3 is 14.0 Å². The minimum absolute atomic E-state index is 0.165. The third-order valence-corrected chi connectivity index (χ3v) is 5.12. The molecule has 1 aliphatic rings. The van der Waals surface area contributed by atoms with Gasteiger partial charge in [-0.05, 0) is 51.1 Å². The number of rotatable bonds is 3. The summed E-state index contributed by atoms with van der Waals surface area (Å²) in [5.74, 6) is 6.10. The maximum absolute atomic E-state index is 13.3. The number of hydrogen-bond donors (Lipinski definition) is 0. The van der Waals surface area contributed by atoms with Crippen LogP contribution in [-0.4, -0.2) is 51.5 Å². The largest absolute Gasteiger partial charge is 0.444 e. The van der Waals surface area contributed by atoms with Gasteiger partial charge in [-0.2, -0.15) is 4.98 Å². The Morgan fingerprint density at radius 3 is 2.68 bits per heavy atom. The van der Waals surface area contributed by atoms with Crippen LogP contribution in [0.2, 0.25) is 0 Å². The molecule has 8 nitrogen and oxygen atoms in total. The lowest BCUT2D eigenvalue weighted by molar-refractivity contribution is 0.0174. The topological polar surface area (TPSA) is 90.6 Å². The Morgan fingerprint density at radius 2 is 2.00 bits per heavy atom. The Hall–Kier alpha value is -3.77. The molecular formula is C25H25FN4O4. The Labute approximate surface area is 197 Å². The molecule has 0 spiro atoms. The molecule has 3 aromatic rings. The fraction of sp³-hybridized carbons (Fsp3) is 0.360. The van der Waals surface area contributed by atoms with Crippen molar-refractivity contribution in [3.8, 4) is 23.4 Å². The molecule has 2 atom stereocenters. The van der Waals surface area contributed by atoms with Crippen LogP contribution in [0.25, 0.3) is 11.5 Å². The zero-order valence-electron chi connectivity index (χ0n) is 19.4. The van der Waals surface area contributed by atoms with E-state index in [1.165, 1.54) is 12.1 Å². The SMILES string of the molecule is CO[C@@H]1C[C@H](c2nc(-c3ccc(C#Cc4cccc(F)c4)cn3)no2)N(C(=O)OC(C)(C)C)C1. The molecule has 0 unspecified atom stereocenters. The number of carbonyl (C=O) groups is 1. The maximum atomic E-state index is 13.3. The number of ether oxygens (including phenoxy) is 2. The zero-order chi connectivity index (χ0) is 24.3. The van der Waals surface area contributed by atoms with Crippen LogP contribution >= 0.6 is 0 Å². The summed E-state index contributed by atoms with van der Waals surface area (Å²) < 4.78 is 29.8. The second-order valence-electron chi connectivity index (χ2n) is 8.89. The van der Waals surface area contributed by atoms with Crippen molar-refractivity contribution in [3.05, 3.63) is 65.4 Å². The van der Waals surface area contributed by atoms with Gasteiger partial charge in [-0.25, -0.2) is 9.18 Å². The fourth-order valence-corrected chi connectivity index (χ4v) is 3.51. The molecule has 1 aromatic carbocycles. The van der Waals surface area contributed by atoms with E-state index in [4.69, 9.17) is 14.0 Å². The minimum Gasteiger partial charge on any atom is -0.444 e. The smallest absolute Gasteiger partial charge is 0.411 e. The van der Waals surface area contributed by atoms with Gasteiger partial charge in [-0.1, -0.05) is 23.1 Å². The number of amides is 1. The molecule has 0 bridgehead atoms. The lowest BCUT2D eigenvalue weighted by atomic mass is 10.2. The van der Waals surface area contributed by atoms with Crippen molar-refractivity contribution >= 4 is 6.09 Å². The van der Waals surface area contributed by atoms with Gasteiger partial charge in [0.1, 0.15) is 23.2 Å². The van der Waals surface area contributed by atoms with Crippen LogP contribution in [0.3, 0.4) is 0 Å². The summed E-state index contributed by atoms with van der Waals surface area (Å²) in [6.45, 7) is 5.80. The number of methoxy groups -OCH3 is 1. The van der Waals surface area contributed by atoms with Gasteiger partial charge in [0.25, 0.3) is 0 Å².